The summed E-state index contributed by atoms with van der Waals surface area (Å²) in [5.41, 5.74) is -0.576. The van der Waals surface area contributed by atoms with Gasteiger partial charge in [-0.15, -0.1) is 0 Å². The highest BCUT2D eigenvalue weighted by molar-refractivity contribution is 6.24. The monoisotopic (exact) mass is 428 g/mol. The quantitative estimate of drug-likeness (QED) is 0.554. The van der Waals surface area contributed by atoms with Gasteiger partial charge in [-0.05, 0) is 37.6 Å². The maximum Gasteiger partial charge on any atom is 0.416 e. The highest BCUT2D eigenvalue weighted by Crippen LogP contribution is 2.48. The fourth-order valence-electron chi connectivity index (χ4n) is 5.36. The van der Waals surface area contributed by atoms with Crippen LogP contribution in [0.15, 0.2) is 54.6 Å². The van der Waals surface area contributed by atoms with Crippen LogP contribution in [0.5, 0.6) is 0 Å². The van der Waals surface area contributed by atoms with E-state index in [4.69, 9.17) is 0 Å². The number of halogens is 3. The van der Waals surface area contributed by atoms with Crippen molar-refractivity contribution in [1.29, 1.82) is 0 Å². The van der Waals surface area contributed by atoms with Crippen LogP contribution in [0.25, 0.3) is 0 Å². The zero-order chi connectivity index (χ0) is 21.9. The molecule has 0 aliphatic carbocycles. The van der Waals surface area contributed by atoms with Gasteiger partial charge in [0, 0.05) is 11.6 Å². The highest BCUT2D eigenvalue weighted by Gasteiger charge is 2.64. The van der Waals surface area contributed by atoms with Crippen LogP contribution in [0.4, 0.5) is 18.9 Å². The topological polar surface area (TPSA) is 57.7 Å². The molecule has 0 N–H and O–H groups in total. The molecule has 3 aliphatic rings. The van der Waals surface area contributed by atoms with Gasteiger partial charge in [0.05, 0.1) is 29.1 Å². The zero-order valence-electron chi connectivity index (χ0n) is 16.4. The van der Waals surface area contributed by atoms with E-state index in [9.17, 15) is 27.6 Å². The van der Waals surface area contributed by atoms with Gasteiger partial charge in [0.25, 0.3) is 0 Å². The number of Topliss-reactive ketones (excluding diaryl/α,β-unsaturated/α-hetero) is 1. The van der Waals surface area contributed by atoms with Crippen LogP contribution in [0, 0.1) is 11.8 Å². The van der Waals surface area contributed by atoms with Gasteiger partial charge in [0.2, 0.25) is 11.8 Å². The molecule has 160 valence electrons. The summed E-state index contributed by atoms with van der Waals surface area (Å²) in [6.07, 6.45) is -3.11. The summed E-state index contributed by atoms with van der Waals surface area (Å²) >= 11 is 0. The number of ketones is 1. The molecule has 0 aromatic heterocycles. The largest absolute Gasteiger partial charge is 0.416 e. The number of anilines is 1. The summed E-state index contributed by atoms with van der Waals surface area (Å²) in [7, 11) is 0. The lowest BCUT2D eigenvalue weighted by atomic mass is 9.85. The zero-order valence-corrected chi connectivity index (χ0v) is 16.4. The first kappa shape index (κ1) is 19.9. The molecule has 0 bridgehead atoms. The number of hydrogen-bond acceptors (Lipinski definition) is 4. The van der Waals surface area contributed by atoms with E-state index in [2.05, 4.69) is 0 Å². The van der Waals surface area contributed by atoms with E-state index in [1.54, 1.807) is 30.3 Å². The Kier molecular flexibility index (Phi) is 4.51. The number of benzene rings is 2. The average Bonchev–Trinajstić information content (AvgIpc) is 3.40. The molecule has 4 unspecified atom stereocenters. The van der Waals surface area contributed by atoms with Gasteiger partial charge < -0.3 is 0 Å². The van der Waals surface area contributed by atoms with Crippen molar-refractivity contribution in [2.24, 2.45) is 11.8 Å². The van der Waals surface area contributed by atoms with Crippen LogP contribution in [0.2, 0.25) is 0 Å². The van der Waals surface area contributed by atoms with Crippen LogP contribution < -0.4 is 4.90 Å². The summed E-state index contributed by atoms with van der Waals surface area (Å²) in [6.45, 7) is 0.616. The Bertz CT molecular complexity index is 1070. The van der Waals surface area contributed by atoms with Crippen molar-refractivity contribution >= 4 is 23.3 Å². The molecule has 3 aliphatic heterocycles. The van der Waals surface area contributed by atoms with Gasteiger partial charge >= 0.3 is 6.18 Å². The van der Waals surface area contributed by atoms with Crippen LogP contribution in [0.1, 0.15) is 28.8 Å². The van der Waals surface area contributed by atoms with Crippen molar-refractivity contribution in [2.45, 2.75) is 31.1 Å². The number of hydrogen-bond donors (Lipinski definition) is 0. The molecule has 31 heavy (non-hydrogen) atoms. The molecule has 0 radical (unpaired) electrons. The van der Waals surface area contributed by atoms with Crippen LogP contribution >= 0.6 is 0 Å². The molecular formula is C23H19F3N2O3. The van der Waals surface area contributed by atoms with Gasteiger partial charge in [-0.1, -0.05) is 36.4 Å². The minimum atomic E-state index is -4.59. The third-order valence-electron chi connectivity index (χ3n) is 6.61. The van der Waals surface area contributed by atoms with Gasteiger partial charge in [0.15, 0.2) is 5.78 Å². The summed E-state index contributed by atoms with van der Waals surface area (Å²) in [4.78, 5) is 42.8. The van der Waals surface area contributed by atoms with E-state index in [-0.39, 0.29) is 17.5 Å². The first-order chi connectivity index (χ1) is 14.8. The summed E-state index contributed by atoms with van der Waals surface area (Å²) in [5.74, 6) is -2.96. The average molecular weight is 428 g/mol. The summed E-state index contributed by atoms with van der Waals surface area (Å²) < 4.78 is 39.5. The van der Waals surface area contributed by atoms with E-state index < -0.39 is 41.4 Å². The van der Waals surface area contributed by atoms with Gasteiger partial charge in [-0.25, -0.2) is 4.90 Å². The van der Waals surface area contributed by atoms with Gasteiger partial charge in [-0.3, -0.25) is 19.3 Å². The van der Waals surface area contributed by atoms with Crippen molar-refractivity contribution < 1.29 is 27.6 Å². The summed E-state index contributed by atoms with van der Waals surface area (Å²) in [6, 6.07) is 11.8. The minimum absolute atomic E-state index is 0.102. The molecule has 5 rings (SSSR count). The van der Waals surface area contributed by atoms with Crippen LogP contribution in [-0.4, -0.2) is 41.1 Å². The normalized spacial score (nSPS) is 28.2. The Morgan fingerprint density at radius 3 is 2.35 bits per heavy atom. The maximum atomic E-state index is 13.4. The molecule has 8 heteroatoms. The van der Waals surface area contributed by atoms with E-state index in [0.717, 1.165) is 23.5 Å². The lowest BCUT2D eigenvalue weighted by Gasteiger charge is -2.27. The number of alkyl halides is 3. The smallest absolute Gasteiger partial charge is 0.292 e. The standard InChI is InChI=1S/C23H19F3N2O3/c24-23(25,26)14-8-4-9-15(12-14)28-21(30)17-16-10-5-11-27(16)19(18(17)22(28)31)20(29)13-6-2-1-3-7-13/h1-4,6-9,12,16-19H,5,10-11H2. The molecule has 0 spiro atoms. The molecule has 2 aromatic carbocycles. The van der Waals surface area contributed by atoms with Crippen molar-refractivity contribution in [1.82, 2.24) is 4.90 Å². The van der Waals surface area contributed by atoms with E-state index in [1.165, 1.54) is 12.1 Å². The predicted molar refractivity (Wildman–Crippen MR) is 105 cm³/mol. The third-order valence-corrected chi connectivity index (χ3v) is 6.61. The van der Waals surface area contributed by atoms with E-state index in [0.29, 0.717) is 18.5 Å². The Balaban J connectivity index is 1.55. The molecule has 3 fully saturated rings. The van der Waals surface area contributed by atoms with E-state index in [1.807, 2.05) is 4.90 Å². The Morgan fingerprint density at radius 2 is 1.65 bits per heavy atom. The summed E-state index contributed by atoms with van der Waals surface area (Å²) in [5, 5.41) is 0. The molecule has 2 aromatic rings. The molecule has 5 nitrogen and oxygen atoms in total. The van der Waals surface area contributed by atoms with Crippen molar-refractivity contribution in [3.63, 3.8) is 0 Å². The SMILES string of the molecule is O=C(c1ccccc1)C1C2C(=O)N(c3cccc(C(F)(F)F)c3)C(=O)C2C2CCCN21. The predicted octanol–water partition coefficient (Wildman–Crippen LogP) is 3.54. The van der Waals surface area contributed by atoms with Crippen molar-refractivity contribution in [2.75, 3.05) is 11.4 Å². The first-order valence-electron chi connectivity index (χ1n) is 10.2. The number of fused-ring (bicyclic) bond motifs is 3. The van der Waals surface area contributed by atoms with Gasteiger partial charge in [0.1, 0.15) is 0 Å². The lowest BCUT2D eigenvalue weighted by molar-refractivity contribution is -0.137. The molecule has 3 saturated heterocycles. The van der Waals surface area contributed by atoms with Crippen LogP contribution in [0.3, 0.4) is 0 Å². The van der Waals surface area contributed by atoms with E-state index >= 15 is 0 Å². The molecule has 4 atom stereocenters. The maximum absolute atomic E-state index is 13.4. The first-order valence-corrected chi connectivity index (χ1v) is 10.2. The number of amides is 2. The minimum Gasteiger partial charge on any atom is -0.292 e. The number of imide groups is 1. The number of carbonyl (C=O) groups is 3. The second kappa shape index (κ2) is 7.02. The fourth-order valence-corrected chi connectivity index (χ4v) is 5.36. The highest BCUT2D eigenvalue weighted by atomic mass is 19.4. The number of rotatable bonds is 3. The van der Waals surface area contributed by atoms with Crippen LogP contribution in [-0.2, 0) is 15.8 Å². The van der Waals surface area contributed by atoms with Gasteiger partial charge in [-0.2, -0.15) is 13.2 Å². The second-order valence-corrected chi connectivity index (χ2v) is 8.23. The molecule has 0 saturated carbocycles. The van der Waals surface area contributed by atoms with Crippen molar-refractivity contribution in [3.8, 4) is 0 Å². The number of carbonyl (C=O) groups excluding carboxylic acids is 3. The molecule has 2 amide bonds. The molecular weight excluding hydrogens is 409 g/mol. The Labute approximate surface area is 176 Å². The lowest BCUT2D eigenvalue weighted by Crippen LogP contribution is -2.46. The second-order valence-electron chi connectivity index (χ2n) is 8.23. The van der Waals surface area contributed by atoms with Crippen molar-refractivity contribution in [3.05, 3.63) is 65.7 Å². The molecule has 3 heterocycles. The third kappa shape index (κ3) is 3.00. The Hall–Kier alpha value is -3.00. The Morgan fingerprint density at radius 1 is 0.935 bits per heavy atom. The fraction of sp³-hybridized carbons (Fsp3) is 0.348. The number of nitrogens with zero attached hydrogens (tertiary/aromatic N) is 2.